The third kappa shape index (κ3) is 2.60. The summed E-state index contributed by atoms with van der Waals surface area (Å²) in [7, 11) is 0. The number of aliphatic hydroxyl groups excluding tert-OH is 1. The molecule has 1 aromatic rings. The van der Waals surface area contributed by atoms with Crippen molar-refractivity contribution in [2.24, 2.45) is 0 Å². The van der Waals surface area contributed by atoms with Gasteiger partial charge in [0, 0.05) is 12.6 Å². The van der Waals surface area contributed by atoms with Gasteiger partial charge in [-0.3, -0.25) is 0 Å². The van der Waals surface area contributed by atoms with E-state index in [1.807, 2.05) is 12.1 Å². The van der Waals surface area contributed by atoms with Crippen LogP contribution in [-0.2, 0) is 6.42 Å². The highest BCUT2D eigenvalue weighted by Gasteiger charge is 2.27. The van der Waals surface area contributed by atoms with E-state index in [9.17, 15) is 10.2 Å². The maximum absolute atomic E-state index is 9.72. The molecule has 0 fully saturated rings. The summed E-state index contributed by atoms with van der Waals surface area (Å²) >= 11 is 0. The van der Waals surface area contributed by atoms with E-state index < -0.39 is 5.60 Å². The first kappa shape index (κ1) is 12.4. The molecular weight excluding hydrogens is 218 g/mol. The van der Waals surface area contributed by atoms with E-state index in [0.29, 0.717) is 12.3 Å². The Bertz CT molecular complexity index is 404. The van der Waals surface area contributed by atoms with Gasteiger partial charge in [0.15, 0.2) is 0 Å². The van der Waals surface area contributed by atoms with Gasteiger partial charge in [-0.15, -0.1) is 0 Å². The van der Waals surface area contributed by atoms with E-state index in [1.165, 1.54) is 0 Å². The van der Waals surface area contributed by atoms with Gasteiger partial charge < -0.3 is 20.6 Å². The lowest BCUT2D eigenvalue weighted by atomic mass is 10.1. The molecule has 1 aromatic carbocycles. The van der Waals surface area contributed by atoms with Crippen LogP contribution >= 0.6 is 0 Å². The van der Waals surface area contributed by atoms with E-state index in [0.717, 1.165) is 24.0 Å². The SMILES string of the molecule is CC(O)(CO)CNC1CCc2c(O)cccc21. The minimum absolute atomic E-state index is 0.148. The zero-order valence-electron chi connectivity index (χ0n) is 9.98. The lowest BCUT2D eigenvalue weighted by Gasteiger charge is -2.24. The predicted octanol–water partition coefficient (Wildman–Crippen LogP) is 0.712. The summed E-state index contributed by atoms with van der Waals surface area (Å²) in [6, 6.07) is 5.67. The first-order valence-corrected chi connectivity index (χ1v) is 5.91. The number of fused-ring (bicyclic) bond motifs is 1. The van der Waals surface area contributed by atoms with Gasteiger partial charge in [-0.25, -0.2) is 0 Å². The van der Waals surface area contributed by atoms with Gasteiger partial charge in [0.05, 0.1) is 12.2 Å². The highest BCUT2D eigenvalue weighted by atomic mass is 16.3. The molecular formula is C13H19NO3. The van der Waals surface area contributed by atoms with Crippen LogP contribution in [0.3, 0.4) is 0 Å². The standard InChI is InChI=1S/C13H19NO3/c1-13(17,8-15)7-14-11-6-5-10-9(11)3-2-4-12(10)16/h2-4,11,14-17H,5-8H2,1H3. The van der Waals surface area contributed by atoms with Crippen molar-refractivity contribution in [2.45, 2.75) is 31.4 Å². The number of aromatic hydroxyl groups is 1. The van der Waals surface area contributed by atoms with E-state index in [-0.39, 0.29) is 12.6 Å². The van der Waals surface area contributed by atoms with Crippen LogP contribution in [0.1, 0.15) is 30.5 Å². The largest absolute Gasteiger partial charge is 0.508 e. The second-order valence-electron chi connectivity index (χ2n) is 4.97. The highest BCUT2D eigenvalue weighted by Crippen LogP contribution is 2.36. The molecule has 0 spiro atoms. The van der Waals surface area contributed by atoms with Crippen molar-refractivity contribution in [3.63, 3.8) is 0 Å². The van der Waals surface area contributed by atoms with Crippen LogP contribution in [0.25, 0.3) is 0 Å². The van der Waals surface area contributed by atoms with Gasteiger partial charge in [0.1, 0.15) is 5.75 Å². The van der Waals surface area contributed by atoms with Crippen molar-refractivity contribution in [3.05, 3.63) is 29.3 Å². The molecule has 1 aliphatic carbocycles. The maximum Gasteiger partial charge on any atom is 0.119 e. The molecule has 17 heavy (non-hydrogen) atoms. The fourth-order valence-corrected chi connectivity index (χ4v) is 2.25. The van der Waals surface area contributed by atoms with Crippen molar-refractivity contribution < 1.29 is 15.3 Å². The minimum Gasteiger partial charge on any atom is -0.508 e. The Labute approximate surface area is 101 Å². The highest BCUT2D eigenvalue weighted by molar-refractivity contribution is 5.44. The molecule has 0 heterocycles. The fourth-order valence-electron chi connectivity index (χ4n) is 2.25. The molecule has 2 atom stereocenters. The number of aliphatic hydroxyl groups is 2. The summed E-state index contributed by atoms with van der Waals surface area (Å²) in [5.41, 5.74) is 0.993. The molecule has 2 unspecified atom stereocenters. The first-order chi connectivity index (χ1) is 8.03. The molecule has 0 radical (unpaired) electrons. The Balaban J connectivity index is 2.05. The zero-order valence-corrected chi connectivity index (χ0v) is 9.98. The Morgan fingerprint density at radius 3 is 2.94 bits per heavy atom. The number of phenols is 1. The Morgan fingerprint density at radius 1 is 1.47 bits per heavy atom. The molecule has 94 valence electrons. The number of nitrogens with one attached hydrogen (secondary N) is 1. The Hall–Kier alpha value is -1.10. The fraction of sp³-hybridized carbons (Fsp3) is 0.538. The molecule has 0 saturated heterocycles. The monoisotopic (exact) mass is 237 g/mol. The maximum atomic E-state index is 9.72. The van der Waals surface area contributed by atoms with Crippen LogP contribution in [0.5, 0.6) is 5.75 Å². The van der Waals surface area contributed by atoms with Crippen LogP contribution in [0.15, 0.2) is 18.2 Å². The van der Waals surface area contributed by atoms with E-state index in [1.54, 1.807) is 13.0 Å². The van der Waals surface area contributed by atoms with Crippen LogP contribution in [0.4, 0.5) is 0 Å². The zero-order chi connectivity index (χ0) is 12.5. The van der Waals surface area contributed by atoms with Crippen LogP contribution in [0.2, 0.25) is 0 Å². The average molecular weight is 237 g/mol. The molecule has 4 nitrogen and oxygen atoms in total. The topological polar surface area (TPSA) is 72.7 Å². The normalized spacial score (nSPS) is 22.2. The predicted molar refractivity (Wildman–Crippen MR) is 64.9 cm³/mol. The van der Waals surface area contributed by atoms with E-state index in [2.05, 4.69) is 5.32 Å². The number of hydrogen-bond acceptors (Lipinski definition) is 4. The van der Waals surface area contributed by atoms with Crippen LogP contribution in [0, 0.1) is 0 Å². The van der Waals surface area contributed by atoms with E-state index in [4.69, 9.17) is 5.11 Å². The third-order valence-corrected chi connectivity index (χ3v) is 3.32. The second-order valence-corrected chi connectivity index (χ2v) is 4.97. The molecule has 2 rings (SSSR count). The number of hydrogen-bond donors (Lipinski definition) is 4. The number of rotatable bonds is 4. The molecule has 0 aliphatic heterocycles. The summed E-state index contributed by atoms with van der Waals surface area (Å²) in [4.78, 5) is 0. The molecule has 4 N–H and O–H groups in total. The van der Waals surface area contributed by atoms with Gasteiger partial charge in [0.2, 0.25) is 0 Å². The van der Waals surface area contributed by atoms with Crippen molar-refractivity contribution in [1.29, 1.82) is 0 Å². The average Bonchev–Trinajstić information content (AvgIpc) is 2.71. The van der Waals surface area contributed by atoms with Crippen molar-refractivity contribution in [1.82, 2.24) is 5.32 Å². The molecule has 1 aliphatic rings. The van der Waals surface area contributed by atoms with E-state index >= 15 is 0 Å². The van der Waals surface area contributed by atoms with Crippen molar-refractivity contribution in [3.8, 4) is 5.75 Å². The molecule has 0 aromatic heterocycles. The lowest BCUT2D eigenvalue weighted by Crippen LogP contribution is -2.41. The molecule has 0 bridgehead atoms. The van der Waals surface area contributed by atoms with Crippen molar-refractivity contribution in [2.75, 3.05) is 13.2 Å². The lowest BCUT2D eigenvalue weighted by molar-refractivity contribution is 0.000716. The summed E-state index contributed by atoms with van der Waals surface area (Å²) < 4.78 is 0. The van der Waals surface area contributed by atoms with Crippen molar-refractivity contribution >= 4 is 0 Å². The first-order valence-electron chi connectivity index (χ1n) is 5.91. The van der Waals surface area contributed by atoms with Crippen LogP contribution in [-0.4, -0.2) is 34.1 Å². The Kier molecular flexibility index (Phi) is 3.38. The number of phenolic OH excluding ortho intramolecular Hbond substituents is 1. The second kappa shape index (κ2) is 4.64. The van der Waals surface area contributed by atoms with Gasteiger partial charge >= 0.3 is 0 Å². The quantitative estimate of drug-likeness (QED) is 0.622. The molecule has 4 heteroatoms. The molecule has 0 amide bonds. The Morgan fingerprint density at radius 2 is 2.24 bits per heavy atom. The van der Waals surface area contributed by atoms with Gasteiger partial charge in [-0.1, -0.05) is 12.1 Å². The summed E-state index contributed by atoms with van der Waals surface area (Å²) in [6.45, 7) is 1.67. The number of benzene rings is 1. The molecule has 0 saturated carbocycles. The van der Waals surface area contributed by atoms with Gasteiger partial charge in [-0.05, 0) is 37.0 Å². The van der Waals surface area contributed by atoms with Crippen LogP contribution < -0.4 is 5.32 Å². The summed E-state index contributed by atoms with van der Waals surface area (Å²) in [6.07, 6.45) is 1.76. The minimum atomic E-state index is -1.10. The smallest absolute Gasteiger partial charge is 0.119 e. The summed E-state index contributed by atoms with van der Waals surface area (Å²) in [5, 5.41) is 31.6. The third-order valence-electron chi connectivity index (χ3n) is 3.32. The van der Waals surface area contributed by atoms with Gasteiger partial charge in [-0.2, -0.15) is 0 Å². The van der Waals surface area contributed by atoms with Gasteiger partial charge in [0.25, 0.3) is 0 Å². The summed E-state index contributed by atoms with van der Waals surface area (Å²) in [5.74, 6) is 0.348.